The van der Waals surface area contributed by atoms with Gasteiger partial charge in [0.1, 0.15) is 6.61 Å². The van der Waals surface area contributed by atoms with Crippen molar-refractivity contribution in [3.05, 3.63) is 117 Å². The van der Waals surface area contributed by atoms with Crippen LogP contribution in [0.15, 0.2) is 86.6 Å². The number of benzene rings is 3. The molecule has 3 aromatic carbocycles. The molecule has 0 spiro atoms. The second-order valence-electron chi connectivity index (χ2n) is 9.67. The number of fused-ring (bicyclic) bond motifs is 1. The van der Waals surface area contributed by atoms with E-state index in [9.17, 15) is 14.9 Å². The van der Waals surface area contributed by atoms with Gasteiger partial charge in [0.25, 0.3) is 5.56 Å². The highest BCUT2D eigenvalue weighted by Gasteiger charge is 2.33. The van der Waals surface area contributed by atoms with E-state index in [4.69, 9.17) is 14.2 Å². The van der Waals surface area contributed by atoms with E-state index < -0.39 is 12.0 Å². The minimum absolute atomic E-state index is 0.202. The number of nitrogens with zero attached hydrogens (tertiary/aromatic N) is 3. The second kappa shape index (κ2) is 13.8. The van der Waals surface area contributed by atoms with Crippen LogP contribution in [0.3, 0.4) is 0 Å². The van der Waals surface area contributed by atoms with Crippen LogP contribution in [-0.4, -0.2) is 30.5 Å². The number of carbonyl (C=O) groups excluding carboxylic acids is 1. The smallest absolute Gasteiger partial charge is 0.338 e. The van der Waals surface area contributed by atoms with E-state index in [0.29, 0.717) is 37.7 Å². The molecule has 8 nitrogen and oxygen atoms in total. The monoisotopic (exact) mass is 737 g/mol. The molecule has 0 radical (unpaired) electrons. The summed E-state index contributed by atoms with van der Waals surface area (Å²) >= 11 is 5.05. The number of esters is 1. The predicted molar refractivity (Wildman–Crippen MR) is 180 cm³/mol. The first-order valence-electron chi connectivity index (χ1n) is 13.6. The average molecular weight is 738 g/mol. The molecule has 0 unspecified atom stereocenters. The van der Waals surface area contributed by atoms with Gasteiger partial charge in [-0.05, 0) is 90.2 Å². The molecule has 224 valence electrons. The summed E-state index contributed by atoms with van der Waals surface area (Å²) in [6, 6.07) is 20.3. The third-order valence-electron chi connectivity index (χ3n) is 7.01. The molecule has 0 saturated heterocycles. The fourth-order valence-corrected chi connectivity index (χ4v) is 7.15. The third kappa shape index (κ3) is 6.33. The van der Waals surface area contributed by atoms with Gasteiger partial charge in [-0.15, -0.1) is 11.8 Å². The summed E-state index contributed by atoms with van der Waals surface area (Å²) < 4.78 is 20.0. The lowest BCUT2D eigenvalue weighted by molar-refractivity contribution is -0.139. The Hall–Kier alpha value is -3.86. The summed E-state index contributed by atoms with van der Waals surface area (Å²) in [5, 5.41) is 9.42. The van der Waals surface area contributed by atoms with Gasteiger partial charge in [-0.1, -0.05) is 41.7 Å². The van der Waals surface area contributed by atoms with Crippen LogP contribution in [0.4, 0.5) is 0 Å². The first kappa shape index (κ1) is 31.6. The van der Waals surface area contributed by atoms with Gasteiger partial charge in [-0.3, -0.25) is 9.36 Å². The molecule has 2 heterocycles. The highest BCUT2D eigenvalue weighted by atomic mass is 127. The van der Waals surface area contributed by atoms with E-state index >= 15 is 0 Å². The van der Waals surface area contributed by atoms with Crippen molar-refractivity contribution in [1.29, 1.82) is 5.26 Å². The van der Waals surface area contributed by atoms with E-state index in [0.717, 1.165) is 25.2 Å². The summed E-state index contributed by atoms with van der Waals surface area (Å²) in [5.41, 5.74) is 3.46. The molecule has 0 N–H and O–H groups in total. The van der Waals surface area contributed by atoms with Crippen molar-refractivity contribution in [3.63, 3.8) is 0 Å². The Bertz CT molecular complexity index is 1990. The van der Waals surface area contributed by atoms with Crippen LogP contribution in [0.5, 0.6) is 11.5 Å². The number of aromatic nitrogens is 1. The number of methoxy groups -OCH3 is 1. The fraction of sp³-hybridized carbons (Fsp3) is 0.212. The largest absolute Gasteiger partial charge is 0.493 e. The molecule has 11 heteroatoms. The van der Waals surface area contributed by atoms with Crippen molar-refractivity contribution in [1.82, 2.24) is 4.57 Å². The zero-order valence-electron chi connectivity index (χ0n) is 24.4. The number of hydrogen-bond acceptors (Lipinski definition) is 9. The van der Waals surface area contributed by atoms with Gasteiger partial charge < -0.3 is 14.2 Å². The standard InChI is InChI=1S/C33H28IN3O5S2/c1-5-41-32(39)28-19(2)36-33-37(29(28)21-10-12-24(43-4)13-11-21)31(38)27(44-33)16-20-14-25(34)30(26(15-20)40-3)42-18-23-9-7-6-8-22(23)17-35/h6-16,29H,5,18H2,1-4H3/b27-16-/t29-/m0/s1. The van der Waals surface area contributed by atoms with Crippen LogP contribution >= 0.6 is 45.7 Å². The summed E-state index contributed by atoms with van der Waals surface area (Å²) in [4.78, 5) is 33.4. The molecule has 1 atom stereocenters. The fourth-order valence-electron chi connectivity index (χ4n) is 4.91. The molecule has 4 aromatic rings. The Kier molecular flexibility index (Phi) is 9.93. The van der Waals surface area contributed by atoms with E-state index in [1.807, 2.05) is 54.8 Å². The Morgan fingerprint density at radius 2 is 1.95 bits per heavy atom. The minimum Gasteiger partial charge on any atom is -0.493 e. The summed E-state index contributed by atoms with van der Waals surface area (Å²) in [5.74, 6) is 0.551. The van der Waals surface area contributed by atoms with Gasteiger partial charge in [-0.2, -0.15) is 5.26 Å². The molecule has 0 fully saturated rings. The molecule has 1 aliphatic heterocycles. The quantitative estimate of drug-likeness (QED) is 0.126. The lowest BCUT2D eigenvalue weighted by atomic mass is 9.96. The molecule has 5 rings (SSSR count). The zero-order chi connectivity index (χ0) is 31.4. The maximum atomic E-state index is 14.0. The van der Waals surface area contributed by atoms with Gasteiger partial charge >= 0.3 is 5.97 Å². The number of ether oxygens (including phenoxy) is 3. The molecule has 0 amide bonds. The number of thioether (sulfide) groups is 1. The first-order valence-corrected chi connectivity index (χ1v) is 16.7. The van der Waals surface area contributed by atoms with Crippen LogP contribution in [0.1, 0.15) is 42.1 Å². The Balaban J connectivity index is 1.57. The number of hydrogen-bond donors (Lipinski definition) is 0. The van der Waals surface area contributed by atoms with E-state index in [-0.39, 0.29) is 18.8 Å². The maximum absolute atomic E-state index is 14.0. The number of thiazole rings is 1. The Labute approximate surface area is 276 Å². The number of carbonyl (C=O) groups is 1. The van der Waals surface area contributed by atoms with Crippen molar-refractivity contribution in [2.45, 2.75) is 31.4 Å². The highest BCUT2D eigenvalue weighted by Crippen LogP contribution is 2.35. The van der Waals surface area contributed by atoms with Crippen LogP contribution in [0.25, 0.3) is 6.08 Å². The number of rotatable bonds is 9. The lowest BCUT2D eigenvalue weighted by Gasteiger charge is -2.24. The molecule has 1 aliphatic rings. The van der Waals surface area contributed by atoms with Crippen molar-refractivity contribution in [3.8, 4) is 17.6 Å². The van der Waals surface area contributed by atoms with E-state index in [1.165, 1.54) is 11.3 Å². The average Bonchev–Trinajstić information content (AvgIpc) is 3.33. The van der Waals surface area contributed by atoms with Crippen LogP contribution in [0.2, 0.25) is 0 Å². The Morgan fingerprint density at radius 1 is 1.20 bits per heavy atom. The van der Waals surface area contributed by atoms with Crippen molar-refractivity contribution < 1.29 is 19.0 Å². The number of nitriles is 1. The van der Waals surface area contributed by atoms with Crippen LogP contribution in [0, 0.1) is 14.9 Å². The number of allylic oxidation sites excluding steroid dienone is 1. The highest BCUT2D eigenvalue weighted by molar-refractivity contribution is 14.1. The molecular formula is C33H28IN3O5S2. The van der Waals surface area contributed by atoms with Gasteiger partial charge in [0.15, 0.2) is 16.3 Å². The predicted octanol–water partition coefficient (Wildman–Crippen LogP) is 5.58. The van der Waals surface area contributed by atoms with Crippen molar-refractivity contribution >= 4 is 57.7 Å². The molecule has 44 heavy (non-hydrogen) atoms. The van der Waals surface area contributed by atoms with E-state index in [1.54, 1.807) is 55.5 Å². The topological polar surface area (TPSA) is 103 Å². The molecular weight excluding hydrogens is 709 g/mol. The van der Waals surface area contributed by atoms with Gasteiger partial charge in [0.2, 0.25) is 0 Å². The third-order valence-corrected chi connectivity index (χ3v) is 9.54. The Morgan fingerprint density at radius 3 is 2.64 bits per heavy atom. The summed E-state index contributed by atoms with van der Waals surface area (Å²) in [6.07, 6.45) is 3.79. The van der Waals surface area contributed by atoms with Gasteiger partial charge in [0.05, 0.1) is 50.8 Å². The molecule has 0 saturated carbocycles. The zero-order valence-corrected chi connectivity index (χ0v) is 28.2. The first-order chi connectivity index (χ1) is 21.3. The van der Waals surface area contributed by atoms with Crippen LogP contribution in [-0.2, 0) is 16.1 Å². The molecule has 0 bridgehead atoms. The van der Waals surface area contributed by atoms with Crippen LogP contribution < -0.4 is 24.4 Å². The minimum atomic E-state index is -0.676. The summed E-state index contributed by atoms with van der Waals surface area (Å²) in [7, 11) is 1.56. The van der Waals surface area contributed by atoms with Crippen molar-refractivity contribution in [2.75, 3.05) is 20.0 Å². The summed E-state index contributed by atoms with van der Waals surface area (Å²) in [6.45, 7) is 3.94. The maximum Gasteiger partial charge on any atom is 0.338 e. The SMILES string of the molecule is CCOC(=O)C1=C(C)N=c2s/c(=C\c3cc(I)c(OCc4ccccc4C#N)c(OC)c3)c(=O)n2[C@H]1c1ccc(SC)cc1. The molecule has 0 aliphatic carbocycles. The number of halogens is 1. The van der Waals surface area contributed by atoms with Gasteiger partial charge in [-0.25, -0.2) is 9.79 Å². The lowest BCUT2D eigenvalue weighted by Crippen LogP contribution is -2.39. The second-order valence-corrected chi connectivity index (χ2v) is 12.7. The normalized spacial score (nSPS) is 14.5. The molecule has 1 aromatic heterocycles. The van der Waals surface area contributed by atoms with E-state index in [2.05, 4.69) is 33.7 Å². The van der Waals surface area contributed by atoms with Crippen molar-refractivity contribution in [2.24, 2.45) is 4.99 Å². The van der Waals surface area contributed by atoms with Gasteiger partial charge in [0, 0.05) is 10.5 Å².